The minimum absolute atomic E-state index is 0.0716. The van der Waals surface area contributed by atoms with Gasteiger partial charge in [0.1, 0.15) is 12.4 Å². The van der Waals surface area contributed by atoms with Crippen LogP contribution in [0.3, 0.4) is 0 Å². The fourth-order valence-corrected chi connectivity index (χ4v) is 4.98. The Morgan fingerprint density at radius 1 is 1.09 bits per heavy atom. The molecule has 3 aromatic carbocycles. The number of ether oxygens (including phenoxy) is 2. The van der Waals surface area contributed by atoms with E-state index in [2.05, 4.69) is 20.9 Å². The van der Waals surface area contributed by atoms with Gasteiger partial charge in [-0.15, -0.1) is 0 Å². The molecule has 0 aliphatic carbocycles. The topological polar surface area (TPSA) is 52.8 Å². The molecule has 0 saturated heterocycles. The number of imidazole rings is 1. The van der Waals surface area contributed by atoms with Crippen molar-refractivity contribution in [2.75, 3.05) is 6.61 Å². The average Bonchev–Trinajstić information content (AvgIpc) is 3.32. The molecular weight excluding hydrogens is 507 g/mol. The Morgan fingerprint density at radius 3 is 2.67 bits per heavy atom. The van der Waals surface area contributed by atoms with Crippen molar-refractivity contribution >= 4 is 49.3 Å². The number of para-hydroxylation sites is 2. The van der Waals surface area contributed by atoms with Crippen LogP contribution in [-0.2, 0) is 6.61 Å². The van der Waals surface area contributed by atoms with Gasteiger partial charge in [-0.25, -0.2) is 13.8 Å². The first-order chi connectivity index (χ1) is 16.0. The highest BCUT2D eigenvalue weighted by Crippen LogP contribution is 2.35. The molecular formula is C25H18BrFN2O3S. The van der Waals surface area contributed by atoms with Crippen molar-refractivity contribution in [2.45, 2.75) is 13.5 Å². The van der Waals surface area contributed by atoms with Gasteiger partial charge in [0.25, 0.3) is 5.56 Å². The molecule has 0 saturated carbocycles. The first-order valence-corrected chi connectivity index (χ1v) is 11.9. The third kappa shape index (κ3) is 4.12. The van der Waals surface area contributed by atoms with E-state index >= 15 is 0 Å². The van der Waals surface area contributed by atoms with E-state index in [0.717, 1.165) is 21.1 Å². The summed E-state index contributed by atoms with van der Waals surface area (Å²) >= 11 is 4.90. The number of fused-ring (bicyclic) bond motifs is 3. The molecule has 166 valence electrons. The molecule has 0 fully saturated rings. The van der Waals surface area contributed by atoms with E-state index in [1.54, 1.807) is 28.7 Å². The summed E-state index contributed by atoms with van der Waals surface area (Å²) in [6.45, 7) is 2.38. The molecule has 0 aliphatic rings. The van der Waals surface area contributed by atoms with Gasteiger partial charge in [0.15, 0.2) is 16.5 Å². The summed E-state index contributed by atoms with van der Waals surface area (Å²) in [6, 6.07) is 17.6. The smallest absolute Gasteiger partial charge is 0.274 e. The van der Waals surface area contributed by atoms with Crippen LogP contribution in [0.1, 0.15) is 18.1 Å². The van der Waals surface area contributed by atoms with Gasteiger partial charge in [0, 0.05) is 10.0 Å². The largest absolute Gasteiger partial charge is 0.490 e. The highest BCUT2D eigenvalue weighted by molar-refractivity contribution is 9.10. The second kappa shape index (κ2) is 8.96. The van der Waals surface area contributed by atoms with Crippen LogP contribution in [0, 0.1) is 5.82 Å². The Morgan fingerprint density at radius 2 is 1.85 bits per heavy atom. The number of aromatic nitrogens is 2. The zero-order valence-corrected chi connectivity index (χ0v) is 20.0. The Balaban J connectivity index is 1.54. The maximum absolute atomic E-state index is 14.0. The molecule has 0 amide bonds. The molecule has 0 bridgehead atoms. The Kier molecular flexibility index (Phi) is 5.86. The summed E-state index contributed by atoms with van der Waals surface area (Å²) in [4.78, 5) is 18.3. The molecule has 0 aliphatic heterocycles. The van der Waals surface area contributed by atoms with Crippen LogP contribution >= 0.6 is 27.3 Å². The highest BCUT2D eigenvalue weighted by atomic mass is 79.9. The van der Waals surface area contributed by atoms with Crippen molar-refractivity contribution < 1.29 is 13.9 Å². The molecule has 0 spiro atoms. The lowest BCUT2D eigenvalue weighted by Crippen LogP contribution is -2.22. The van der Waals surface area contributed by atoms with Crippen LogP contribution in [0.5, 0.6) is 11.5 Å². The maximum atomic E-state index is 14.0. The molecule has 5 rings (SSSR count). The number of thiazole rings is 1. The number of benzene rings is 3. The predicted octanol–water partition coefficient (Wildman–Crippen LogP) is 5.34. The van der Waals surface area contributed by atoms with E-state index < -0.39 is 0 Å². The van der Waals surface area contributed by atoms with Gasteiger partial charge in [-0.2, -0.15) is 0 Å². The predicted molar refractivity (Wildman–Crippen MR) is 132 cm³/mol. The van der Waals surface area contributed by atoms with Crippen LogP contribution < -0.4 is 19.6 Å². The first kappa shape index (κ1) is 21.6. The number of halogens is 2. The van der Waals surface area contributed by atoms with Crippen molar-refractivity contribution in [3.05, 3.63) is 97.0 Å². The molecule has 5 nitrogen and oxygen atoms in total. The molecule has 0 unspecified atom stereocenters. The van der Waals surface area contributed by atoms with Crippen LogP contribution in [0.15, 0.2) is 69.9 Å². The van der Waals surface area contributed by atoms with E-state index in [1.165, 1.54) is 17.4 Å². The second-order valence-corrected chi connectivity index (χ2v) is 9.13. The van der Waals surface area contributed by atoms with Gasteiger partial charge in [-0.05, 0) is 48.9 Å². The molecule has 2 aromatic heterocycles. The van der Waals surface area contributed by atoms with Crippen molar-refractivity contribution in [1.29, 1.82) is 0 Å². The summed E-state index contributed by atoms with van der Waals surface area (Å²) < 4.78 is 28.5. The zero-order valence-electron chi connectivity index (χ0n) is 17.5. The van der Waals surface area contributed by atoms with Crippen molar-refractivity contribution in [3.63, 3.8) is 0 Å². The van der Waals surface area contributed by atoms with E-state index in [9.17, 15) is 9.18 Å². The van der Waals surface area contributed by atoms with Gasteiger partial charge >= 0.3 is 0 Å². The van der Waals surface area contributed by atoms with E-state index in [1.807, 2.05) is 43.3 Å². The van der Waals surface area contributed by atoms with E-state index in [-0.39, 0.29) is 18.0 Å². The molecule has 5 aromatic rings. The second-order valence-electron chi connectivity index (χ2n) is 7.27. The monoisotopic (exact) mass is 524 g/mol. The Hall–Kier alpha value is -3.23. The summed E-state index contributed by atoms with van der Waals surface area (Å²) in [5.74, 6) is 0.679. The normalized spacial score (nSPS) is 12.0. The molecule has 0 atom stereocenters. The summed E-state index contributed by atoms with van der Waals surface area (Å²) in [5.41, 5.74) is 2.69. The lowest BCUT2D eigenvalue weighted by molar-refractivity contribution is 0.265. The minimum Gasteiger partial charge on any atom is -0.490 e. The minimum atomic E-state index is -0.322. The lowest BCUT2D eigenvalue weighted by atomic mass is 10.2. The van der Waals surface area contributed by atoms with E-state index in [4.69, 9.17) is 9.47 Å². The highest BCUT2D eigenvalue weighted by Gasteiger charge is 2.14. The van der Waals surface area contributed by atoms with Gasteiger partial charge in [0.2, 0.25) is 0 Å². The lowest BCUT2D eigenvalue weighted by Gasteiger charge is -2.14. The van der Waals surface area contributed by atoms with Crippen molar-refractivity contribution in [2.24, 2.45) is 0 Å². The fraction of sp³-hybridized carbons (Fsp3) is 0.120. The van der Waals surface area contributed by atoms with Crippen LogP contribution in [0.25, 0.3) is 22.1 Å². The van der Waals surface area contributed by atoms with E-state index in [0.29, 0.717) is 33.2 Å². The van der Waals surface area contributed by atoms with Gasteiger partial charge in [-0.3, -0.25) is 4.79 Å². The third-order valence-electron chi connectivity index (χ3n) is 5.14. The van der Waals surface area contributed by atoms with Crippen LogP contribution in [-0.4, -0.2) is 16.0 Å². The summed E-state index contributed by atoms with van der Waals surface area (Å²) in [5, 5.41) is 0. The summed E-state index contributed by atoms with van der Waals surface area (Å²) in [7, 11) is 0. The number of rotatable bonds is 6. The molecule has 0 radical (unpaired) electrons. The summed E-state index contributed by atoms with van der Waals surface area (Å²) in [6.07, 6.45) is 1.81. The SMILES string of the molecule is CCOc1cc(C=c2sc3nc4ccccc4n3c2=O)c(Br)cc1OCc1ccccc1F. The quantitative estimate of drug-likeness (QED) is 0.301. The third-order valence-corrected chi connectivity index (χ3v) is 6.79. The number of hydrogen-bond donors (Lipinski definition) is 0. The standard InChI is InChI=1S/C25H18BrFN2O3S/c1-2-31-21-11-16(17(26)13-22(21)32-14-15-7-3-4-8-18(15)27)12-23-24(30)29-20-10-6-5-9-19(20)28-25(29)33-23/h3-13H,2,14H2,1H3. The number of hydrogen-bond acceptors (Lipinski definition) is 5. The van der Waals surface area contributed by atoms with Crippen molar-refractivity contribution in [3.8, 4) is 11.5 Å². The van der Waals surface area contributed by atoms with Gasteiger partial charge in [-0.1, -0.05) is 57.6 Å². The van der Waals surface area contributed by atoms with Gasteiger partial charge in [0.05, 0.1) is 22.2 Å². The molecule has 0 N–H and O–H groups in total. The molecule has 2 heterocycles. The van der Waals surface area contributed by atoms with Crippen LogP contribution in [0.4, 0.5) is 4.39 Å². The first-order valence-electron chi connectivity index (χ1n) is 10.3. The van der Waals surface area contributed by atoms with Crippen LogP contribution in [0.2, 0.25) is 0 Å². The van der Waals surface area contributed by atoms with Gasteiger partial charge < -0.3 is 9.47 Å². The Bertz CT molecular complexity index is 1600. The molecule has 33 heavy (non-hydrogen) atoms. The maximum Gasteiger partial charge on any atom is 0.274 e. The zero-order chi connectivity index (χ0) is 22.9. The Labute approximate surface area is 200 Å². The number of nitrogens with zero attached hydrogens (tertiary/aromatic N) is 2. The molecule has 8 heteroatoms. The fourth-order valence-electron chi connectivity index (χ4n) is 3.57. The van der Waals surface area contributed by atoms with Crippen molar-refractivity contribution in [1.82, 2.24) is 9.38 Å². The average molecular weight is 525 g/mol.